The summed E-state index contributed by atoms with van der Waals surface area (Å²) in [7, 11) is -3.41. The van der Waals surface area contributed by atoms with E-state index >= 15 is 0 Å². The average Bonchev–Trinajstić information content (AvgIpc) is 2.37. The summed E-state index contributed by atoms with van der Waals surface area (Å²) in [5.74, 6) is 0.529. The van der Waals surface area contributed by atoms with Gasteiger partial charge in [0.05, 0.1) is 4.91 Å². The van der Waals surface area contributed by atoms with Crippen molar-refractivity contribution in [2.75, 3.05) is 11.5 Å². The predicted octanol–water partition coefficient (Wildman–Crippen LogP) is -0.553. The lowest BCUT2D eigenvalue weighted by Gasteiger charge is -1.97. The van der Waals surface area contributed by atoms with E-state index in [4.69, 9.17) is 0 Å². The summed E-state index contributed by atoms with van der Waals surface area (Å²) in [5.41, 5.74) is 0.440. The van der Waals surface area contributed by atoms with Gasteiger partial charge in [-0.25, -0.2) is 13.1 Å². The van der Waals surface area contributed by atoms with Crippen molar-refractivity contribution in [3.8, 4) is 0 Å². The van der Waals surface area contributed by atoms with Gasteiger partial charge in [0.15, 0.2) is 0 Å². The third kappa shape index (κ3) is 0.893. The predicted molar refractivity (Wildman–Crippen MR) is 41.4 cm³/mol. The Morgan fingerprint density at radius 2 is 2.09 bits per heavy atom. The van der Waals surface area contributed by atoms with Gasteiger partial charge in [0.1, 0.15) is 0 Å². The number of sulfonamides is 1. The molecule has 2 aliphatic heterocycles. The SMILES string of the molecule is O=C1NS(=O)(=O)C2=C1CSC2. The van der Waals surface area contributed by atoms with E-state index in [-0.39, 0.29) is 4.91 Å². The quantitative estimate of drug-likeness (QED) is 0.558. The number of hydrogen-bond acceptors (Lipinski definition) is 4. The monoisotopic (exact) mass is 191 g/mol. The Morgan fingerprint density at radius 3 is 2.73 bits per heavy atom. The molecule has 0 saturated carbocycles. The van der Waals surface area contributed by atoms with Crippen LogP contribution >= 0.6 is 11.8 Å². The molecule has 0 spiro atoms. The fourth-order valence-corrected chi connectivity index (χ4v) is 4.00. The molecule has 0 bridgehead atoms. The smallest absolute Gasteiger partial charge is 0.262 e. The van der Waals surface area contributed by atoms with Crippen molar-refractivity contribution in [1.82, 2.24) is 4.72 Å². The highest BCUT2D eigenvalue weighted by molar-refractivity contribution is 8.03. The van der Waals surface area contributed by atoms with Crippen LogP contribution in [0.1, 0.15) is 0 Å². The van der Waals surface area contributed by atoms with Crippen molar-refractivity contribution < 1.29 is 13.2 Å². The maximum atomic E-state index is 11.1. The molecule has 0 radical (unpaired) electrons. The average molecular weight is 191 g/mol. The lowest BCUT2D eigenvalue weighted by atomic mass is 10.3. The molecule has 1 amide bonds. The summed E-state index contributed by atoms with van der Waals surface area (Å²) in [6.07, 6.45) is 0. The van der Waals surface area contributed by atoms with Gasteiger partial charge in [-0.2, -0.15) is 11.8 Å². The van der Waals surface area contributed by atoms with Crippen LogP contribution in [0.2, 0.25) is 0 Å². The van der Waals surface area contributed by atoms with Crippen LogP contribution in [0.15, 0.2) is 10.5 Å². The first-order valence-electron chi connectivity index (χ1n) is 2.98. The van der Waals surface area contributed by atoms with Crippen LogP contribution in [-0.4, -0.2) is 25.8 Å². The zero-order chi connectivity index (χ0) is 8.06. The maximum Gasteiger partial charge on any atom is 0.262 e. The van der Waals surface area contributed by atoms with E-state index in [1.807, 2.05) is 4.72 Å². The maximum absolute atomic E-state index is 11.1. The highest BCUT2D eigenvalue weighted by Gasteiger charge is 2.38. The minimum Gasteiger partial charge on any atom is -0.269 e. The first-order chi connectivity index (χ1) is 5.11. The van der Waals surface area contributed by atoms with Crippen LogP contribution in [-0.2, 0) is 14.8 Å². The first kappa shape index (κ1) is 7.17. The van der Waals surface area contributed by atoms with E-state index in [0.717, 1.165) is 0 Å². The Balaban J connectivity index is 2.61. The third-order valence-corrected chi connectivity index (χ3v) is 4.30. The minimum atomic E-state index is -3.41. The molecule has 0 saturated heterocycles. The number of nitrogens with one attached hydrogen (secondary N) is 1. The number of carbonyl (C=O) groups excluding carboxylic acids is 1. The highest BCUT2D eigenvalue weighted by Crippen LogP contribution is 2.31. The molecule has 2 rings (SSSR count). The summed E-state index contributed by atoms with van der Waals surface area (Å²) in [5, 5.41) is 0. The van der Waals surface area contributed by atoms with Crippen LogP contribution in [0.5, 0.6) is 0 Å². The summed E-state index contributed by atoms with van der Waals surface area (Å²) < 4.78 is 24.0. The van der Waals surface area contributed by atoms with E-state index in [9.17, 15) is 13.2 Å². The molecule has 0 aromatic rings. The number of carbonyl (C=O) groups is 1. The van der Waals surface area contributed by atoms with Crippen LogP contribution in [0.25, 0.3) is 0 Å². The van der Waals surface area contributed by atoms with Crippen molar-refractivity contribution in [3.05, 3.63) is 10.5 Å². The van der Waals surface area contributed by atoms with Gasteiger partial charge in [-0.05, 0) is 0 Å². The number of hydrogen-bond donors (Lipinski definition) is 1. The number of thioether (sulfide) groups is 1. The van der Waals surface area contributed by atoms with Crippen LogP contribution in [0.3, 0.4) is 0 Å². The van der Waals surface area contributed by atoms with E-state index in [1.165, 1.54) is 11.8 Å². The molecular formula is C5H5NO3S2. The molecule has 4 nitrogen and oxygen atoms in total. The van der Waals surface area contributed by atoms with Gasteiger partial charge in [0.25, 0.3) is 15.9 Å². The van der Waals surface area contributed by atoms with Gasteiger partial charge in [0.2, 0.25) is 0 Å². The molecule has 11 heavy (non-hydrogen) atoms. The molecule has 0 fully saturated rings. The lowest BCUT2D eigenvalue weighted by molar-refractivity contribution is -0.115. The topological polar surface area (TPSA) is 63.2 Å². The van der Waals surface area contributed by atoms with Crippen LogP contribution < -0.4 is 4.72 Å². The van der Waals surface area contributed by atoms with Crippen molar-refractivity contribution >= 4 is 27.7 Å². The molecule has 0 atom stereocenters. The summed E-state index contributed by atoms with van der Waals surface area (Å²) in [4.78, 5) is 11.2. The molecule has 60 valence electrons. The molecule has 0 unspecified atom stereocenters. The van der Waals surface area contributed by atoms with Crippen LogP contribution in [0.4, 0.5) is 0 Å². The molecule has 0 aromatic heterocycles. The Morgan fingerprint density at radius 1 is 1.36 bits per heavy atom. The molecule has 2 heterocycles. The van der Waals surface area contributed by atoms with Gasteiger partial charge in [-0.1, -0.05) is 0 Å². The highest BCUT2D eigenvalue weighted by atomic mass is 32.2. The van der Waals surface area contributed by atoms with Crippen molar-refractivity contribution in [2.24, 2.45) is 0 Å². The lowest BCUT2D eigenvalue weighted by Crippen LogP contribution is -2.24. The molecular weight excluding hydrogens is 186 g/mol. The van der Waals surface area contributed by atoms with Crippen molar-refractivity contribution in [1.29, 1.82) is 0 Å². The van der Waals surface area contributed by atoms with E-state index < -0.39 is 15.9 Å². The second-order valence-electron chi connectivity index (χ2n) is 2.33. The normalized spacial score (nSPS) is 27.1. The van der Waals surface area contributed by atoms with Crippen LogP contribution in [0, 0.1) is 0 Å². The standard InChI is InChI=1S/C5H5NO3S2/c7-5-3-1-10-2-4(3)11(8,9)6-5/h1-2H2,(H,6,7). The van der Waals surface area contributed by atoms with Gasteiger partial charge >= 0.3 is 0 Å². The van der Waals surface area contributed by atoms with Gasteiger partial charge in [-0.15, -0.1) is 0 Å². The van der Waals surface area contributed by atoms with Crippen molar-refractivity contribution in [2.45, 2.75) is 0 Å². The summed E-state index contributed by atoms with van der Waals surface area (Å²) >= 11 is 1.46. The summed E-state index contributed by atoms with van der Waals surface area (Å²) in [6.45, 7) is 0. The first-order valence-corrected chi connectivity index (χ1v) is 5.62. The Kier molecular flexibility index (Phi) is 1.31. The van der Waals surface area contributed by atoms with Gasteiger partial charge < -0.3 is 0 Å². The number of rotatable bonds is 0. The fourth-order valence-electron chi connectivity index (χ4n) is 1.09. The Labute approximate surface area is 68.1 Å². The van der Waals surface area contributed by atoms with E-state index in [0.29, 0.717) is 17.1 Å². The second-order valence-corrected chi connectivity index (χ2v) is 5.02. The molecule has 6 heteroatoms. The van der Waals surface area contributed by atoms with Crippen molar-refractivity contribution in [3.63, 3.8) is 0 Å². The van der Waals surface area contributed by atoms with Gasteiger partial charge in [0, 0.05) is 17.1 Å². The zero-order valence-corrected chi connectivity index (χ0v) is 7.09. The molecule has 0 aromatic carbocycles. The molecule has 0 aliphatic carbocycles. The summed E-state index contributed by atoms with van der Waals surface area (Å²) in [6, 6.07) is 0. The van der Waals surface area contributed by atoms with E-state index in [2.05, 4.69) is 0 Å². The fraction of sp³-hybridized carbons (Fsp3) is 0.400. The minimum absolute atomic E-state index is 0.285. The number of amides is 1. The Hall–Kier alpha value is -0.490. The molecule has 1 N–H and O–H groups in total. The zero-order valence-electron chi connectivity index (χ0n) is 5.46. The third-order valence-electron chi connectivity index (χ3n) is 1.64. The second kappa shape index (κ2) is 2.01. The van der Waals surface area contributed by atoms with E-state index in [1.54, 1.807) is 0 Å². The largest absolute Gasteiger partial charge is 0.269 e. The van der Waals surface area contributed by atoms with Gasteiger partial charge in [-0.3, -0.25) is 4.79 Å². The Bertz CT molecular complexity index is 354. The molecule has 2 aliphatic rings.